The molecular weight excluding hydrogens is 359 g/mol. The van der Waals surface area contributed by atoms with E-state index in [2.05, 4.69) is 5.32 Å². The lowest BCUT2D eigenvalue weighted by atomic mass is 10.1. The van der Waals surface area contributed by atoms with Gasteiger partial charge in [0.15, 0.2) is 6.10 Å². The molecule has 0 saturated heterocycles. The zero-order chi connectivity index (χ0) is 20.0. The van der Waals surface area contributed by atoms with Crippen molar-refractivity contribution in [1.29, 1.82) is 0 Å². The fourth-order valence-corrected chi connectivity index (χ4v) is 2.10. The highest BCUT2D eigenvalue weighted by Gasteiger charge is 2.29. The first-order valence-corrected chi connectivity index (χ1v) is 8.08. The summed E-state index contributed by atoms with van der Waals surface area (Å²) >= 11 is 0. The minimum Gasteiger partial charge on any atom is -0.449 e. The van der Waals surface area contributed by atoms with Gasteiger partial charge in [-0.1, -0.05) is 29.8 Å². The summed E-state index contributed by atoms with van der Waals surface area (Å²) in [6.45, 7) is 3.34. The highest BCUT2D eigenvalue weighted by Crippen LogP contribution is 2.29. The fourth-order valence-electron chi connectivity index (χ4n) is 2.10. The van der Waals surface area contributed by atoms with E-state index >= 15 is 0 Å². The molecular formula is C20H18F3NO3. The van der Waals surface area contributed by atoms with Crippen molar-refractivity contribution in [2.75, 3.05) is 5.32 Å². The molecule has 0 unspecified atom stereocenters. The standard InChI is InChI=1S/C20H18F3NO3/c1-13-3-10-17(11-4-13)24-19(26)14(2)27-18(25)12-7-15-5-8-16(9-6-15)20(21,22)23/h3-12,14H,1-2H3,(H,24,26)/b12-7+/t14-/m0/s1. The van der Waals surface area contributed by atoms with E-state index in [-0.39, 0.29) is 0 Å². The summed E-state index contributed by atoms with van der Waals surface area (Å²) in [7, 11) is 0. The van der Waals surface area contributed by atoms with Gasteiger partial charge < -0.3 is 10.1 Å². The van der Waals surface area contributed by atoms with Crippen LogP contribution in [0.25, 0.3) is 6.08 Å². The Morgan fingerprint density at radius 2 is 1.63 bits per heavy atom. The van der Waals surface area contributed by atoms with E-state index in [1.54, 1.807) is 12.1 Å². The second-order valence-corrected chi connectivity index (χ2v) is 5.89. The van der Waals surface area contributed by atoms with Gasteiger partial charge in [0.2, 0.25) is 0 Å². The maximum Gasteiger partial charge on any atom is 0.416 e. The number of alkyl halides is 3. The molecule has 0 spiro atoms. The quantitative estimate of drug-likeness (QED) is 0.612. The van der Waals surface area contributed by atoms with Gasteiger partial charge in [0.25, 0.3) is 5.91 Å². The summed E-state index contributed by atoms with van der Waals surface area (Å²) < 4.78 is 42.5. The van der Waals surface area contributed by atoms with Gasteiger partial charge in [0.1, 0.15) is 0 Å². The Morgan fingerprint density at radius 1 is 1.04 bits per heavy atom. The lowest BCUT2D eigenvalue weighted by molar-refractivity contribution is -0.148. The van der Waals surface area contributed by atoms with Gasteiger partial charge in [-0.25, -0.2) is 4.79 Å². The Hall–Kier alpha value is -3.09. The molecule has 7 heteroatoms. The van der Waals surface area contributed by atoms with Gasteiger partial charge in [-0.15, -0.1) is 0 Å². The molecule has 0 bridgehead atoms. The highest BCUT2D eigenvalue weighted by atomic mass is 19.4. The molecule has 0 fully saturated rings. The zero-order valence-corrected chi connectivity index (χ0v) is 14.7. The average molecular weight is 377 g/mol. The van der Waals surface area contributed by atoms with Crippen molar-refractivity contribution < 1.29 is 27.5 Å². The van der Waals surface area contributed by atoms with Gasteiger partial charge in [-0.3, -0.25) is 4.79 Å². The SMILES string of the molecule is Cc1ccc(NC(=O)[C@H](C)OC(=O)/C=C/c2ccc(C(F)(F)F)cc2)cc1. The summed E-state index contributed by atoms with van der Waals surface area (Å²) in [6, 6.07) is 11.4. The fraction of sp³-hybridized carbons (Fsp3) is 0.200. The van der Waals surface area contributed by atoms with Gasteiger partial charge in [-0.2, -0.15) is 13.2 Å². The number of nitrogens with one attached hydrogen (secondary N) is 1. The van der Waals surface area contributed by atoms with Crippen molar-refractivity contribution in [2.45, 2.75) is 26.1 Å². The molecule has 2 rings (SSSR count). The van der Waals surface area contributed by atoms with Crippen molar-refractivity contribution in [3.8, 4) is 0 Å². The van der Waals surface area contributed by atoms with Crippen LogP contribution in [-0.2, 0) is 20.5 Å². The van der Waals surface area contributed by atoms with Crippen LogP contribution in [0.3, 0.4) is 0 Å². The number of hydrogen-bond donors (Lipinski definition) is 1. The number of aryl methyl sites for hydroxylation is 1. The van der Waals surface area contributed by atoms with E-state index in [1.165, 1.54) is 25.1 Å². The van der Waals surface area contributed by atoms with Crippen LogP contribution in [0.2, 0.25) is 0 Å². The summed E-state index contributed by atoms with van der Waals surface area (Å²) in [4.78, 5) is 23.8. The molecule has 27 heavy (non-hydrogen) atoms. The smallest absolute Gasteiger partial charge is 0.416 e. The van der Waals surface area contributed by atoms with Crippen molar-refractivity contribution in [3.05, 3.63) is 71.3 Å². The largest absolute Gasteiger partial charge is 0.449 e. The van der Waals surface area contributed by atoms with Crippen LogP contribution < -0.4 is 5.32 Å². The average Bonchev–Trinajstić information content (AvgIpc) is 2.61. The molecule has 0 saturated carbocycles. The van der Waals surface area contributed by atoms with Crippen LogP contribution in [-0.4, -0.2) is 18.0 Å². The Balaban J connectivity index is 1.89. The van der Waals surface area contributed by atoms with Crippen LogP contribution in [0.1, 0.15) is 23.6 Å². The Labute approximate surface area is 154 Å². The molecule has 142 valence electrons. The number of ether oxygens (including phenoxy) is 1. The van der Waals surface area contributed by atoms with Crippen LogP contribution in [0.5, 0.6) is 0 Å². The Bertz CT molecular complexity index is 825. The van der Waals surface area contributed by atoms with E-state index in [0.29, 0.717) is 11.3 Å². The summed E-state index contributed by atoms with van der Waals surface area (Å²) in [5.41, 5.74) is 1.25. The molecule has 2 aromatic carbocycles. The molecule has 0 aliphatic rings. The van der Waals surface area contributed by atoms with E-state index in [1.807, 2.05) is 19.1 Å². The maximum atomic E-state index is 12.5. The minimum absolute atomic E-state index is 0.400. The van der Waals surface area contributed by atoms with E-state index in [9.17, 15) is 22.8 Å². The summed E-state index contributed by atoms with van der Waals surface area (Å²) in [6.07, 6.45) is -3.08. The number of esters is 1. The first-order chi connectivity index (χ1) is 12.6. The number of halogens is 3. The Morgan fingerprint density at radius 3 is 2.19 bits per heavy atom. The topological polar surface area (TPSA) is 55.4 Å². The second kappa shape index (κ2) is 8.53. The lowest BCUT2D eigenvalue weighted by Crippen LogP contribution is -2.29. The minimum atomic E-state index is -4.42. The van der Waals surface area contributed by atoms with Gasteiger partial charge in [0.05, 0.1) is 5.56 Å². The van der Waals surface area contributed by atoms with Crippen molar-refractivity contribution in [3.63, 3.8) is 0 Å². The molecule has 1 atom stereocenters. The molecule has 0 aromatic heterocycles. The van der Waals surface area contributed by atoms with E-state index in [4.69, 9.17) is 4.74 Å². The third-order valence-electron chi connectivity index (χ3n) is 3.63. The molecule has 0 aliphatic heterocycles. The molecule has 1 amide bonds. The van der Waals surface area contributed by atoms with Gasteiger partial charge in [-0.05, 0) is 49.8 Å². The first kappa shape index (κ1) is 20.2. The lowest BCUT2D eigenvalue weighted by Gasteiger charge is -2.12. The molecule has 2 aromatic rings. The number of rotatable bonds is 5. The van der Waals surface area contributed by atoms with Gasteiger partial charge in [0, 0.05) is 11.8 Å². The van der Waals surface area contributed by atoms with Crippen LogP contribution >= 0.6 is 0 Å². The first-order valence-electron chi connectivity index (χ1n) is 8.08. The number of carbonyl (C=O) groups excluding carboxylic acids is 2. The zero-order valence-electron chi connectivity index (χ0n) is 14.7. The van der Waals surface area contributed by atoms with E-state index < -0.39 is 29.7 Å². The number of hydrogen-bond acceptors (Lipinski definition) is 3. The predicted molar refractivity (Wildman–Crippen MR) is 95.8 cm³/mol. The number of anilines is 1. The summed E-state index contributed by atoms with van der Waals surface area (Å²) in [5.74, 6) is -1.27. The van der Waals surface area contributed by atoms with Gasteiger partial charge >= 0.3 is 12.1 Å². The number of carbonyl (C=O) groups is 2. The normalized spacial score (nSPS) is 12.6. The molecule has 4 nitrogen and oxygen atoms in total. The molecule has 0 aliphatic carbocycles. The number of benzene rings is 2. The third-order valence-corrected chi connectivity index (χ3v) is 3.63. The van der Waals surface area contributed by atoms with Crippen LogP contribution in [0, 0.1) is 6.92 Å². The monoisotopic (exact) mass is 377 g/mol. The van der Waals surface area contributed by atoms with Crippen molar-refractivity contribution in [1.82, 2.24) is 0 Å². The molecule has 0 heterocycles. The predicted octanol–water partition coefficient (Wildman–Crippen LogP) is 4.60. The molecule has 1 N–H and O–H groups in total. The highest BCUT2D eigenvalue weighted by molar-refractivity contribution is 5.96. The van der Waals surface area contributed by atoms with Crippen molar-refractivity contribution >= 4 is 23.6 Å². The van der Waals surface area contributed by atoms with Crippen LogP contribution in [0.4, 0.5) is 18.9 Å². The third kappa shape index (κ3) is 6.29. The van der Waals surface area contributed by atoms with Crippen molar-refractivity contribution in [2.24, 2.45) is 0 Å². The van der Waals surface area contributed by atoms with Crippen LogP contribution in [0.15, 0.2) is 54.6 Å². The Kier molecular flexibility index (Phi) is 6.39. The van der Waals surface area contributed by atoms with E-state index in [0.717, 1.165) is 23.8 Å². The second-order valence-electron chi connectivity index (χ2n) is 5.89. The maximum absolute atomic E-state index is 12.5. The summed E-state index contributed by atoms with van der Waals surface area (Å²) in [5, 5.41) is 2.62. The number of amides is 1. The molecule has 0 radical (unpaired) electrons.